The summed E-state index contributed by atoms with van der Waals surface area (Å²) in [6.07, 6.45) is -4.66. The SMILES string of the molecule is O=S(=O)(O)c1ccc2c(N=Nc3cccc(C(F)(F)F)c3)c(O)c(S(=O)(=O)O)cc2c1. The zero-order valence-corrected chi connectivity index (χ0v) is 16.6. The fourth-order valence-electron chi connectivity index (χ4n) is 2.64. The number of halogens is 3. The van der Waals surface area contributed by atoms with Crippen molar-refractivity contribution in [1.82, 2.24) is 0 Å². The molecule has 0 saturated heterocycles. The molecule has 0 aliphatic rings. The number of aromatic hydroxyl groups is 1. The first-order chi connectivity index (χ1) is 14.2. The van der Waals surface area contributed by atoms with E-state index in [0.29, 0.717) is 6.07 Å². The van der Waals surface area contributed by atoms with Gasteiger partial charge in [0.1, 0.15) is 10.6 Å². The van der Waals surface area contributed by atoms with Gasteiger partial charge in [-0.25, -0.2) is 0 Å². The van der Waals surface area contributed by atoms with Crippen molar-refractivity contribution < 1.29 is 44.2 Å². The van der Waals surface area contributed by atoms with E-state index in [2.05, 4.69) is 10.2 Å². The molecule has 0 spiro atoms. The largest absolute Gasteiger partial charge is 0.504 e. The molecule has 0 aromatic heterocycles. The van der Waals surface area contributed by atoms with Crippen LogP contribution < -0.4 is 0 Å². The van der Waals surface area contributed by atoms with Gasteiger partial charge in [-0.05, 0) is 41.8 Å². The summed E-state index contributed by atoms with van der Waals surface area (Å²) in [5.41, 5.74) is -1.87. The third-order valence-electron chi connectivity index (χ3n) is 4.04. The zero-order chi connectivity index (χ0) is 23.2. The molecule has 3 aromatic carbocycles. The second kappa shape index (κ2) is 7.56. The van der Waals surface area contributed by atoms with E-state index in [0.717, 1.165) is 36.4 Å². The summed E-state index contributed by atoms with van der Waals surface area (Å²) >= 11 is 0. The number of azo groups is 1. The van der Waals surface area contributed by atoms with Gasteiger partial charge in [0.05, 0.1) is 16.1 Å². The van der Waals surface area contributed by atoms with Gasteiger partial charge >= 0.3 is 6.18 Å². The molecule has 0 fully saturated rings. The lowest BCUT2D eigenvalue weighted by molar-refractivity contribution is -0.137. The zero-order valence-electron chi connectivity index (χ0n) is 14.9. The highest BCUT2D eigenvalue weighted by atomic mass is 32.2. The van der Waals surface area contributed by atoms with Gasteiger partial charge in [-0.3, -0.25) is 9.11 Å². The predicted octanol–water partition coefficient (Wildman–Crippen LogP) is 4.47. The van der Waals surface area contributed by atoms with Crippen molar-refractivity contribution in [3.05, 3.63) is 54.1 Å². The van der Waals surface area contributed by atoms with Gasteiger partial charge in [0.25, 0.3) is 20.2 Å². The molecular weight excluding hydrogens is 465 g/mol. The summed E-state index contributed by atoms with van der Waals surface area (Å²) in [7, 11) is -9.69. The maximum absolute atomic E-state index is 12.8. The van der Waals surface area contributed by atoms with E-state index >= 15 is 0 Å². The van der Waals surface area contributed by atoms with Crippen molar-refractivity contribution >= 4 is 42.4 Å². The normalized spacial score (nSPS) is 13.2. The number of phenols is 1. The van der Waals surface area contributed by atoms with Gasteiger partial charge in [-0.2, -0.15) is 35.1 Å². The Morgan fingerprint density at radius 2 is 1.52 bits per heavy atom. The van der Waals surface area contributed by atoms with E-state index in [9.17, 15) is 39.7 Å². The quantitative estimate of drug-likeness (QED) is 0.371. The lowest BCUT2D eigenvalue weighted by atomic mass is 10.1. The Hall–Kier alpha value is -3.07. The molecule has 3 rings (SSSR count). The van der Waals surface area contributed by atoms with Crippen molar-refractivity contribution in [1.29, 1.82) is 0 Å². The fourth-order valence-corrected chi connectivity index (χ4v) is 3.77. The van der Waals surface area contributed by atoms with Crippen molar-refractivity contribution in [2.24, 2.45) is 10.2 Å². The van der Waals surface area contributed by atoms with Crippen LogP contribution in [0.25, 0.3) is 10.8 Å². The monoisotopic (exact) mass is 476 g/mol. The molecule has 0 atom stereocenters. The Balaban J connectivity index is 2.26. The van der Waals surface area contributed by atoms with Crippen molar-refractivity contribution in [2.75, 3.05) is 0 Å². The molecule has 0 unspecified atom stereocenters. The van der Waals surface area contributed by atoms with Crippen LogP contribution in [0.1, 0.15) is 5.56 Å². The Bertz CT molecular complexity index is 1430. The minimum atomic E-state index is -5.02. The van der Waals surface area contributed by atoms with Gasteiger partial charge < -0.3 is 5.11 Å². The average Bonchev–Trinajstić information content (AvgIpc) is 2.64. The van der Waals surface area contributed by atoms with Crippen LogP contribution in [0.3, 0.4) is 0 Å². The molecule has 0 bridgehead atoms. The molecule has 164 valence electrons. The third kappa shape index (κ3) is 4.82. The minimum Gasteiger partial charge on any atom is -0.504 e. The summed E-state index contributed by atoms with van der Waals surface area (Å²) in [5, 5.41) is 17.2. The first-order valence-electron chi connectivity index (χ1n) is 8.01. The van der Waals surface area contributed by atoms with Crippen LogP contribution in [-0.2, 0) is 26.4 Å². The molecule has 31 heavy (non-hydrogen) atoms. The highest BCUT2D eigenvalue weighted by molar-refractivity contribution is 7.86. The Labute approximate surface area is 173 Å². The molecule has 3 N–H and O–H groups in total. The number of alkyl halides is 3. The summed E-state index contributed by atoms with van der Waals surface area (Å²) in [4.78, 5) is -1.67. The first-order valence-corrected chi connectivity index (χ1v) is 10.9. The smallest absolute Gasteiger partial charge is 0.416 e. The lowest BCUT2D eigenvalue weighted by Crippen LogP contribution is -2.03. The molecule has 0 aliphatic carbocycles. The molecule has 9 nitrogen and oxygen atoms in total. The average molecular weight is 476 g/mol. The van der Waals surface area contributed by atoms with E-state index in [1.165, 1.54) is 6.07 Å². The molecule has 0 aliphatic heterocycles. The number of benzene rings is 3. The van der Waals surface area contributed by atoms with Crippen LogP contribution in [0.15, 0.2) is 68.6 Å². The number of nitrogens with zero attached hydrogens (tertiary/aromatic N) is 2. The van der Waals surface area contributed by atoms with Crippen molar-refractivity contribution in [2.45, 2.75) is 16.0 Å². The fraction of sp³-hybridized carbons (Fsp3) is 0.0588. The Morgan fingerprint density at radius 1 is 0.839 bits per heavy atom. The maximum Gasteiger partial charge on any atom is 0.416 e. The third-order valence-corrected chi connectivity index (χ3v) is 5.75. The summed E-state index contributed by atoms with van der Waals surface area (Å²) in [6.45, 7) is 0. The minimum absolute atomic E-state index is 0.0620. The van der Waals surface area contributed by atoms with Gasteiger partial charge in [-0.1, -0.05) is 12.1 Å². The highest BCUT2D eigenvalue weighted by Crippen LogP contribution is 2.42. The summed E-state index contributed by atoms with van der Waals surface area (Å²) < 4.78 is 103. The Morgan fingerprint density at radius 3 is 2.10 bits per heavy atom. The molecule has 14 heteroatoms. The van der Waals surface area contributed by atoms with E-state index in [-0.39, 0.29) is 16.5 Å². The van der Waals surface area contributed by atoms with Crippen LogP contribution in [0, 0.1) is 0 Å². The van der Waals surface area contributed by atoms with Gasteiger partial charge in [0, 0.05) is 5.39 Å². The van der Waals surface area contributed by atoms with Crippen LogP contribution in [0.4, 0.5) is 24.5 Å². The van der Waals surface area contributed by atoms with Gasteiger partial charge in [-0.15, -0.1) is 5.11 Å². The van der Waals surface area contributed by atoms with Crippen LogP contribution in [0.5, 0.6) is 5.75 Å². The lowest BCUT2D eigenvalue weighted by Gasteiger charge is -2.10. The number of fused-ring (bicyclic) bond motifs is 1. The number of hydrogen-bond acceptors (Lipinski definition) is 7. The molecule has 0 radical (unpaired) electrons. The summed E-state index contributed by atoms with van der Waals surface area (Å²) in [5.74, 6) is -1.06. The standard InChI is InChI=1S/C17H11F3N2O7S2/c18-17(19,20)10-2-1-3-11(8-10)21-22-15-13-5-4-12(30(24,25)26)6-9(13)7-14(16(15)23)31(27,28)29/h1-8,23H,(H,24,25,26)(H,27,28,29). The summed E-state index contributed by atoms with van der Waals surface area (Å²) in [6, 6.07) is 7.25. The number of rotatable bonds is 4. The highest BCUT2D eigenvalue weighted by Gasteiger charge is 2.30. The molecule has 0 amide bonds. The molecule has 0 saturated carbocycles. The van der Waals surface area contributed by atoms with Crippen LogP contribution in [0.2, 0.25) is 0 Å². The van der Waals surface area contributed by atoms with Crippen molar-refractivity contribution in [3.63, 3.8) is 0 Å². The van der Waals surface area contributed by atoms with E-state index in [1.807, 2.05) is 0 Å². The number of hydrogen-bond donors (Lipinski definition) is 3. The van der Waals surface area contributed by atoms with E-state index < -0.39 is 53.2 Å². The van der Waals surface area contributed by atoms with Crippen LogP contribution >= 0.6 is 0 Å². The second-order valence-electron chi connectivity index (χ2n) is 6.15. The second-order valence-corrected chi connectivity index (χ2v) is 8.96. The van der Waals surface area contributed by atoms with Crippen molar-refractivity contribution in [3.8, 4) is 5.75 Å². The van der Waals surface area contributed by atoms with Gasteiger partial charge in [0.2, 0.25) is 0 Å². The topological polar surface area (TPSA) is 154 Å². The Kier molecular flexibility index (Phi) is 5.52. The predicted molar refractivity (Wildman–Crippen MR) is 101 cm³/mol. The molecule has 3 aromatic rings. The van der Waals surface area contributed by atoms with Gasteiger partial charge in [0.15, 0.2) is 5.75 Å². The molecular formula is C17H11F3N2O7S2. The van der Waals surface area contributed by atoms with E-state index in [1.54, 1.807) is 0 Å². The number of phenolic OH excluding ortho intramolecular Hbond substituents is 1. The van der Waals surface area contributed by atoms with Crippen LogP contribution in [-0.4, -0.2) is 31.0 Å². The molecule has 0 heterocycles. The first kappa shape index (κ1) is 22.6. The van der Waals surface area contributed by atoms with E-state index in [4.69, 9.17) is 4.55 Å². The maximum atomic E-state index is 12.8.